The lowest BCUT2D eigenvalue weighted by molar-refractivity contribution is -0.140. The molecule has 0 spiro atoms. The summed E-state index contributed by atoms with van der Waals surface area (Å²) in [5.41, 5.74) is 6.16. The van der Waals surface area contributed by atoms with Gasteiger partial charge in [-0.05, 0) is 37.1 Å². The molecule has 2 unspecified atom stereocenters. The summed E-state index contributed by atoms with van der Waals surface area (Å²) >= 11 is 0. The van der Waals surface area contributed by atoms with Gasteiger partial charge < -0.3 is 21.1 Å². The lowest BCUT2D eigenvalue weighted by Crippen LogP contribution is -2.44. The Morgan fingerprint density at radius 2 is 1.89 bits per heavy atom. The number of primary amides is 1. The van der Waals surface area contributed by atoms with Gasteiger partial charge in [-0.25, -0.2) is 0 Å². The Labute approximate surface area is 211 Å². The van der Waals surface area contributed by atoms with Gasteiger partial charge in [-0.3, -0.25) is 14.3 Å². The first-order valence-electron chi connectivity index (χ1n) is 11.4. The second-order valence-electron chi connectivity index (χ2n) is 8.90. The Morgan fingerprint density at radius 3 is 2.54 bits per heavy atom. The summed E-state index contributed by atoms with van der Waals surface area (Å²) in [5, 5.41) is 16.0. The summed E-state index contributed by atoms with van der Waals surface area (Å²) in [6, 6.07) is 12.6. The largest absolute Gasteiger partial charge is 0.437 e. The highest BCUT2D eigenvalue weighted by Crippen LogP contribution is 2.38. The van der Waals surface area contributed by atoms with Crippen molar-refractivity contribution in [3.05, 3.63) is 82.7 Å². The summed E-state index contributed by atoms with van der Waals surface area (Å²) in [5.74, 6) is -1.53. The fourth-order valence-electron chi connectivity index (χ4n) is 4.34. The van der Waals surface area contributed by atoms with Crippen LogP contribution in [-0.4, -0.2) is 39.8 Å². The number of amides is 2. The first kappa shape index (κ1) is 26.0. The zero-order valence-electron chi connectivity index (χ0n) is 20.4. The molecule has 194 valence electrons. The van der Waals surface area contributed by atoms with E-state index < -0.39 is 41.5 Å². The molecule has 1 aromatic heterocycles. The molecule has 0 bridgehead atoms. The number of para-hydroxylation sites is 1. The van der Waals surface area contributed by atoms with Crippen molar-refractivity contribution in [1.82, 2.24) is 9.78 Å². The number of benzene rings is 2. The molecule has 0 radical (unpaired) electrons. The van der Waals surface area contributed by atoms with Crippen LogP contribution in [0.25, 0.3) is 5.57 Å². The second-order valence-corrected chi connectivity index (χ2v) is 8.90. The van der Waals surface area contributed by atoms with E-state index in [2.05, 4.69) is 10.4 Å². The van der Waals surface area contributed by atoms with Crippen LogP contribution in [0.5, 0.6) is 0 Å². The topological polar surface area (TPSA) is 113 Å². The highest BCUT2D eigenvalue weighted by atomic mass is 19.4. The number of likely N-dealkylation sites (N-methyl/N-ethyl adjacent to an activating group) is 1. The minimum atomic E-state index is -4.84. The van der Waals surface area contributed by atoms with E-state index >= 15 is 0 Å². The second kappa shape index (κ2) is 9.74. The third-order valence-electron chi connectivity index (χ3n) is 6.33. The van der Waals surface area contributed by atoms with Crippen molar-refractivity contribution in [1.29, 1.82) is 0 Å². The van der Waals surface area contributed by atoms with Crippen LogP contribution in [0.3, 0.4) is 0 Å². The molecule has 0 saturated heterocycles. The third-order valence-corrected chi connectivity index (χ3v) is 6.33. The highest BCUT2D eigenvalue weighted by molar-refractivity contribution is 6.28. The van der Waals surface area contributed by atoms with E-state index in [0.29, 0.717) is 22.4 Å². The standard InChI is InChI=1S/C26H26F3N5O3/c1-14-22(23(26(27,28)29)32-34(14)13-16-7-6-8-17(11-16)15(2)35)31-25(37)19-12-21(24(30)36)33(3)20-10-5-4-9-18(19)20/h4-12,15,21,35H,13H2,1-3H3,(H2,30,36)(H,31,37). The van der Waals surface area contributed by atoms with E-state index in [-0.39, 0.29) is 17.8 Å². The van der Waals surface area contributed by atoms with Crippen LogP contribution in [0, 0.1) is 6.92 Å². The zero-order valence-corrected chi connectivity index (χ0v) is 20.4. The van der Waals surface area contributed by atoms with Gasteiger partial charge >= 0.3 is 6.18 Å². The monoisotopic (exact) mass is 513 g/mol. The van der Waals surface area contributed by atoms with Gasteiger partial charge in [0.25, 0.3) is 5.91 Å². The van der Waals surface area contributed by atoms with Crippen LogP contribution in [0.4, 0.5) is 24.5 Å². The number of nitrogens with one attached hydrogen (secondary N) is 1. The lowest BCUT2D eigenvalue weighted by atomic mass is 9.94. The summed E-state index contributed by atoms with van der Waals surface area (Å²) in [7, 11) is 1.64. The molecule has 0 aliphatic carbocycles. The van der Waals surface area contributed by atoms with E-state index in [1.807, 2.05) is 0 Å². The van der Waals surface area contributed by atoms with Gasteiger partial charge in [-0.15, -0.1) is 0 Å². The number of alkyl halides is 3. The maximum atomic E-state index is 14.0. The van der Waals surface area contributed by atoms with Gasteiger partial charge in [0.15, 0.2) is 5.69 Å². The van der Waals surface area contributed by atoms with Crippen molar-refractivity contribution in [2.45, 2.75) is 38.7 Å². The molecule has 2 amide bonds. The molecule has 11 heteroatoms. The van der Waals surface area contributed by atoms with Crippen LogP contribution in [0.15, 0.2) is 54.6 Å². The quantitative estimate of drug-likeness (QED) is 0.466. The molecule has 0 saturated carbocycles. The Hall–Kier alpha value is -4.12. The Morgan fingerprint density at radius 1 is 1.19 bits per heavy atom. The van der Waals surface area contributed by atoms with Crippen LogP contribution in [-0.2, 0) is 22.3 Å². The predicted molar refractivity (Wildman–Crippen MR) is 133 cm³/mol. The number of anilines is 2. The first-order valence-corrected chi connectivity index (χ1v) is 11.4. The van der Waals surface area contributed by atoms with E-state index in [1.54, 1.807) is 67.4 Å². The maximum Gasteiger partial charge on any atom is 0.437 e. The number of carbonyl (C=O) groups excluding carboxylic acids is 2. The van der Waals surface area contributed by atoms with Gasteiger partial charge in [0.05, 0.1) is 24.0 Å². The molecule has 4 rings (SSSR count). The van der Waals surface area contributed by atoms with Crippen LogP contribution in [0.2, 0.25) is 0 Å². The Kier molecular flexibility index (Phi) is 6.83. The SMILES string of the molecule is Cc1c(NC(=O)C2=CC(C(N)=O)N(C)c3ccccc32)c(C(F)(F)F)nn1Cc1cccc(C(C)O)c1. The number of rotatable bonds is 6. The Bertz CT molecular complexity index is 1390. The number of aromatic nitrogens is 2. The fraction of sp³-hybridized carbons (Fsp3) is 0.269. The van der Waals surface area contributed by atoms with E-state index in [1.165, 1.54) is 13.0 Å². The number of hydrogen-bond donors (Lipinski definition) is 3. The molecule has 3 aromatic rings. The number of halogens is 3. The molecular weight excluding hydrogens is 487 g/mol. The van der Waals surface area contributed by atoms with E-state index in [4.69, 9.17) is 5.73 Å². The summed E-state index contributed by atoms with van der Waals surface area (Å²) in [4.78, 5) is 26.9. The smallest absolute Gasteiger partial charge is 0.389 e. The predicted octanol–water partition coefficient (Wildman–Crippen LogP) is 3.64. The number of carbonyl (C=O) groups is 2. The molecule has 1 aliphatic heterocycles. The lowest BCUT2D eigenvalue weighted by Gasteiger charge is -2.32. The molecule has 2 aromatic carbocycles. The number of nitrogens with zero attached hydrogens (tertiary/aromatic N) is 3. The minimum Gasteiger partial charge on any atom is -0.389 e. The summed E-state index contributed by atoms with van der Waals surface area (Å²) in [6.45, 7) is 3.01. The van der Waals surface area contributed by atoms with E-state index in [0.717, 1.165) is 4.68 Å². The first-order chi connectivity index (χ1) is 17.4. The van der Waals surface area contributed by atoms with Crippen LogP contribution in [0.1, 0.15) is 41.1 Å². The maximum absolute atomic E-state index is 14.0. The van der Waals surface area contributed by atoms with Crippen molar-refractivity contribution in [3.63, 3.8) is 0 Å². The van der Waals surface area contributed by atoms with Gasteiger partial charge in [0.1, 0.15) is 6.04 Å². The van der Waals surface area contributed by atoms with Gasteiger partial charge in [-0.1, -0.05) is 42.5 Å². The molecular formula is C26H26F3N5O3. The van der Waals surface area contributed by atoms with Crippen molar-refractivity contribution < 1.29 is 27.9 Å². The number of fused-ring (bicyclic) bond motifs is 1. The minimum absolute atomic E-state index is 0.00851. The van der Waals surface area contributed by atoms with Gasteiger partial charge in [0, 0.05) is 23.9 Å². The summed E-state index contributed by atoms with van der Waals surface area (Å²) in [6.07, 6.45) is -4.24. The zero-order chi connectivity index (χ0) is 27.1. The van der Waals surface area contributed by atoms with Crippen molar-refractivity contribution in [2.75, 3.05) is 17.3 Å². The highest BCUT2D eigenvalue weighted by Gasteiger charge is 2.40. The molecule has 8 nitrogen and oxygen atoms in total. The number of aliphatic hydroxyl groups is 1. The van der Waals surface area contributed by atoms with Gasteiger partial charge in [-0.2, -0.15) is 18.3 Å². The van der Waals surface area contributed by atoms with Gasteiger partial charge in [0.2, 0.25) is 5.91 Å². The molecule has 2 atom stereocenters. The van der Waals surface area contributed by atoms with Crippen molar-refractivity contribution in [2.24, 2.45) is 5.73 Å². The number of nitrogens with two attached hydrogens (primary N) is 1. The van der Waals surface area contributed by atoms with Crippen LogP contribution >= 0.6 is 0 Å². The average Bonchev–Trinajstić information content (AvgIpc) is 3.14. The average molecular weight is 514 g/mol. The van der Waals surface area contributed by atoms with Crippen molar-refractivity contribution in [3.8, 4) is 0 Å². The number of aliphatic hydroxyl groups excluding tert-OH is 1. The van der Waals surface area contributed by atoms with Crippen LogP contribution < -0.4 is 16.0 Å². The van der Waals surface area contributed by atoms with Crippen molar-refractivity contribution >= 4 is 28.8 Å². The number of hydrogen-bond acceptors (Lipinski definition) is 5. The fourth-order valence-corrected chi connectivity index (χ4v) is 4.34. The summed E-state index contributed by atoms with van der Waals surface area (Å²) < 4.78 is 43.0. The molecule has 1 aliphatic rings. The normalized spacial score (nSPS) is 16.1. The van der Waals surface area contributed by atoms with E-state index in [9.17, 15) is 27.9 Å². The Balaban J connectivity index is 1.72. The molecule has 2 heterocycles. The molecule has 0 fully saturated rings. The molecule has 37 heavy (non-hydrogen) atoms. The third kappa shape index (κ3) is 5.08. The molecule has 4 N–H and O–H groups in total.